The van der Waals surface area contributed by atoms with Crippen molar-refractivity contribution in [1.82, 2.24) is 14.5 Å². The lowest BCUT2D eigenvalue weighted by Crippen LogP contribution is -2.32. The Morgan fingerprint density at radius 1 is 1.16 bits per heavy atom. The lowest BCUT2D eigenvalue weighted by molar-refractivity contribution is 0.0737. The van der Waals surface area contributed by atoms with Crippen LogP contribution in [0, 0.1) is 0 Å². The van der Waals surface area contributed by atoms with Crippen LogP contribution in [-0.4, -0.2) is 26.9 Å². The van der Waals surface area contributed by atoms with Gasteiger partial charge in [-0.15, -0.1) is 0 Å². The molecule has 0 aliphatic heterocycles. The Hall–Kier alpha value is -2.33. The van der Waals surface area contributed by atoms with Crippen LogP contribution >= 0.6 is 11.6 Å². The first-order valence-corrected chi connectivity index (χ1v) is 9.00. The fourth-order valence-corrected chi connectivity index (χ4v) is 3.24. The fraction of sp³-hybridized carbons (Fsp3) is 0.300. The molecule has 0 saturated carbocycles. The van der Waals surface area contributed by atoms with Gasteiger partial charge in [0.1, 0.15) is 5.82 Å². The van der Waals surface area contributed by atoms with Crippen LogP contribution < -0.4 is 0 Å². The number of aryl methyl sites for hydroxylation is 1. The molecule has 25 heavy (non-hydrogen) atoms. The van der Waals surface area contributed by atoms with E-state index < -0.39 is 0 Å². The maximum atomic E-state index is 12.9. The van der Waals surface area contributed by atoms with Crippen LogP contribution in [0.1, 0.15) is 36.5 Å². The van der Waals surface area contributed by atoms with Crippen molar-refractivity contribution >= 4 is 28.5 Å². The maximum Gasteiger partial charge on any atom is 0.254 e. The van der Waals surface area contributed by atoms with E-state index in [9.17, 15) is 4.79 Å². The van der Waals surface area contributed by atoms with E-state index in [1.807, 2.05) is 53.4 Å². The number of benzene rings is 2. The number of halogens is 1. The topological polar surface area (TPSA) is 38.1 Å². The summed E-state index contributed by atoms with van der Waals surface area (Å²) in [6.45, 7) is 6.12. The van der Waals surface area contributed by atoms with Crippen molar-refractivity contribution in [3.63, 3.8) is 0 Å². The van der Waals surface area contributed by atoms with E-state index in [0.29, 0.717) is 23.7 Å². The molecule has 3 aromatic rings. The fourth-order valence-electron chi connectivity index (χ4n) is 3.08. The average molecular weight is 356 g/mol. The second-order valence-electron chi connectivity index (χ2n) is 6.00. The van der Waals surface area contributed by atoms with Gasteiger partial charge in [0.2, 0.25) is 0 Å². The first-order valence-electron chi connectivity index (χ1n) is 8.63. The number of aromatic nitrogens is 2. The molecule has 2 aromatic carbocycles. The van der Waals surface area contributed by atoms with Gasteiger partial charge in [0, 0.05) is 23.7 Å². The Kier molecular flexibility index (Phi) is 5.39. The van der Waals surface area contributed by atoms with Gasteiger partial charge in [-0.05, 0) is 43.7 Å². The van der Waals surface area contributed by atoms with Gasteiger partial charge < -0.3 is 9.47 Å². The van der Waals surface area contributed by atoms with Crippen molar-refractivity contribution in [1.29, 1.82) is 0 Å². The zero-order chi connectivity index (χ0) is 17.8. The van der Waals surface area contributed by atoms with Gasteiger partial charge in [-0.1, -0.05) is 36.7 Å². The molecule has 1 aromatic heterocycles. The van der Waals surface area contributed by atoms with Crippen molar-refractivity contribution in [3.8, 4) is 0 Å². The van der Waals surface area contributed by atoms with Gasteiger partial charge >= 0.3 is 0 Å². The zero-order valence-corrected chi connectivity index (χ0v) is 15.3. The molecule has 5 heteroatoms. The highest BCUT2D eigenvalue weighted by atomic mass is 35.5. The van der Waals surface area contributed by atoms with Crippen LogP contribution in [-0.2, 0) is 13.1 Å². The summed E-state index contributed by atoms with van der Waals surface area (Å²) in [4.78, 5) is 19.5. The van der Waals surface area contributed by atoms with Gasteiger partial charge in [-0.3, -0.25) is 4.79 Å². The summed E-state index contributed by atoms with van der Waals surface area (Å²) in [5.41, 5.74) is 2.62. The predicted molar refractivity (Wildman–Crippen MR) is 102 cm³/mol. The minimum absolute atomic E-state index is 0.0372. The maximum absolute atomic E-state index is 12.9. The Morgan fingerprint density at radius 3 is 2.60 bits per heavy atom. The smallest absolute Gasteiger partial charge is 0.254 e. The normalized spacial score (nSPS) is 11.0. The van der Waals surface area contributed by atoms with Crippen molar-refractivity contribution in [2.24, 2.45) is 0 Å². The van der Waals surface area contributed by atoms with Gasteiger partial charge in [0.25, 0.3) is 5.91 Å². The first-order chi connectivity index (χ1) is 12.1. The molecule has 0 atom stereocenters. The molecule has 130 valence electrons. The quantitative estimate of drug-likeness (QED) is 0.639. The van der Waals surface area contributed by atoms with Crippen molar-refractivity contribution in [2.45, 2.75) is 33.4 Å². The molecule has 0 aliphatic rings. The number of nitrogens with zero attached hydrogens (tertiary/aromatic N) is 3. The largest absolute Gasteiger partial charge is 0.331 e. The van der Waals surface area contributed by atoms with Crippen LogP contribution in [0.3, 0.4) is 0 Å². The predicted octanol–water partition coefficient (Wildman–Crippen LogP) is 4.76. The number of carbonyl (C=O) groups is 1. The van der Waals surface area contributed by atoms with E-state index in [0.717, 1.165) is 29.8 Å². The van der Waals surface area contributed by atoms with E-state index in [2.05, 4.69) is 18.4 Å². The van der Waals surface area contributed by atoms with Crippen molar-refractivity contribution in [2.75, 3.05) is 6.54 Å². The molecule has 0 aliphatic carbocycles. The summed E-state index contributed by atoms with van der Waals surface area (Å²) in [6.07, 6.45) is 0.900. The molecular weight excluding hydrogens is 334 g/mol. The van der Waals surface area contributed by atoms with Gasteiger partial charge in [0.15, 0.2) is 0 Å². The monoisotopic (exact) mass is 355 g/mol. The van der Waals surface area contributed by atoms with E-state index in [-0.39, 0.29) is 5.91 Å². The van der Waals surface area contributed by atoms with Crippen LogP contribution in [0.25, 0.3) is 11.0 Å². The molecule has 0 unspecified atom stereocenters. The molecule has 1 heterocycles. The summed E-state index contributed by atoms with van der Waals surface area (Å²) in [5.74, 6) is 0.924. The summed E-state index contributed by atoms with van der Waals surface area (Å²) >= 11 is 6.14. The molecule has 0 bridgehead atoms. The van der Waals surface area contributed by atoms with Crippen LogP contribution in [0.2, 0.25) is 5.02 Å². The number of imidazole rings is 1. The Labute approximate surface area is 153 Å². The summed E-state index contributed by atoms with van der Waals surface area (Å²) in [5, 5.41) is 0.694. The minimum Gasteiger partial charge on any atom is -0.331 e. The standard InChI is InChI=1S/C20H22ClN3O/c1-3-12-23(20(25)15-8-6-5-7-9-15)14-19-22-17-11-10-16(21)13-18(17)24(19)4-2/h5-11,13H,3-4,12,14H2,1-2H3. The molecule has 3 rings (SSSR count). The highest BCUT2D eigenvalue weighted by Gasteiger charge is 2.19. The summed E-state index contributed by atoms with van der Waals surface area (Å²) < 4.78 is 2.13. The minimum atomic E-state index is 0.0372. The van der Waals surface area contributed by atoms with Gasteiger partial charge in [-0.2, -0.15) is 0 Å². The van der Waals surface area contributed by atoms with E-state index in [4.69, 9.17) is 16.6 Å². The highest BCUT2D eigenvalue weighted by molar-refractivity contribution is 6.31. The zero-order valence-electron chi connectivity index (χ0n) is 14.6. The Morgan fingerprint density at radius 2 is 1.92 bits per heavy atom. The van der Waals surface area contributed by atoms with Crippen LogP contribution in [0.15, 0.2) is 48.5 Å². The van der Waals surface area contributed by atoms with Crippen molar-refractivity contribution < 1.29 is 4.79 Å². The summed E-state index contributed by atoms with van der Waals surface area (Å²) in [6, 6.07) is 15.1. The lowest BCUT2D eigenvalue weighted by Gasteiger charge is -2.22. The van der Waals surface area contributed by atoms with E-state index in [1.54, 1.807) is 0 Å². The van der Waals surface area contributed by atoms with Crippen LogP contribution in [0.5, 0.6) is 0 Å². The molecule has 0 saturated heterocycles. The third kappa shape index (κ3) is 3.69. The average Bonchev–Trinajstić information content (AvgIpc) is 2.97. The number of hydrogen-bond donors (Lipinski definition) is 0. The third-order valence-corrected chi connectivity index (χ3v) is 4.47. The second-order valence-corrected chi connectivity index (χ2v) is 6.43. The van der Waals surface area contributed by atoms with E-state index >= 15 is 0 Å². The third-order valence-electron chi connectivity index (χ3n) is 4.24. The number of amides is 1. The lowest BCUT2D eigenvalue weighted by atomic mass is 10.2. The van der Waals surface area contributed by atoms with E-state index in [1.165, 1.54) is 0 Å². The SMILES string of the molecule is CCCN(Cc1nc2ccc(Cl)cc2n1CC)C(=O)c1ccccc1. The molecule has 0 spiro atoms. The molecule has 1 amide bonds. The molecule has 4 nitrogen and oxygen atoms in total. The number of hydrogen-bond acceptors (Lipinski definition) is 2. The number of fused-ring (bicyclic) bond motifs is 1. The van der Waals surface area contributed by atoms with Crippen LogP contribution in [0.4, 0.5) is 0 Å². The summed E-state index contributed by atoms with van der Waals surface area (Å²) in [7, 11) is 0. The second kappa shape index (κ2) is 7.70. The molecule has 0 N–H and O–H groups in total. The number of rotatable bonds is 6. The Bertz CT molecular complexity index is 873. The molecule has 0 radical (unpaired) electrons. The van der Waals surface area contributed by atoms with Crippen molar-refractivity contribution in [3.05, 3.63) is 64.9 Å². The molecular formula is C20H22ClN3O. The Balaban J connectivity index is 1.95. The van der Waals surface area contributed by atoms with Gasteiger partial charge in [-0.25, -0.2) is 4.98 Å². The first kappa shape index (κ1) is 17.5. The molecule has 0 fully saturated rings. The number of carbonyl (C=O) groups excluding carboxylic acids is 1. The highest BCUT2D eigenvalue weighted by Crippen LogP contribution is 2.22. The van der Waals surface area contributed by atoms with Gasteiger partial charge in [0.05, 0.1) is 17.6 Å².